The molecule has 1 aromatic heterocycles. The molecular formula is C14H18N4O. The Labute approximate surface area is 112 Å². The second-order valence-electron chi connectivity index (χ2n) is 4.18. The molecule has 2 aromatic rings. The molecule has 5 nitrogen and oxygen atoms in total. The SMILES string of the molecule is CCOc1cc(Nc2ccccc2C(C)N)ncn1. The van der Waals surface area contributed by atoms with Crippen LogP contribution in [0.15, 0.2) is 36.7 Å². The third-order valence-corrected chi connectivity index (χ3v) is 2.65. The number of nitrogens with one attached hydrogen (secondary N) is 1. The van der Waals surface area contributed by atoms with Gasteiger partial charge in [0.25, 0.3) is 0 Å². The van der Waals surface area contributed by atoms with Crippen molar-refractivity contribution in [1.29, 1.82) is 0 Å². The van der Waals surface area contributed by atoms with Crippen LogP contribution in [0.3, 0.4) is 0 Å². The van der Waals surface area contributed by atoms with Crippen molar-refractivity contribution in [2.75, 3.05) is 11.9 Å². The zero-order valence-electron chi connectivity index (χ0n) is 11.1. The Morgan fingerprint density at radius 1 is 1.32 bits per heavy atom. The van der Waals surface area contributed by atoms with Crippen molar-refractivity contribution < 1.29 is 4.74 Å². The van der Waals surface area contributed by atoms with E-state index in [-0.39, 0.29) is 6.04 Å². The van der Waals surface area contributed by atoms with Gasteiger partial charge >= 0.3 is 0 Å². The largest absolute Gasteiger partial charge is 0.478 e. The van der Waals surface area contributed by atoms with Crippen molar-refractivity contribution in [3.8, 4) is 5.88 Å². The van der Waals surface area contributed by atoms with Crippen molar-refractivity contribution in [1.82, 2.24) is 9.97 Å². The summed E-state index contributed by atoms with van der Waals surface area (Å²) >= 11 is 0. The molecule has 0 fully saturated rings. The second kappa shape index (κ2) is 6.15. The second-order valence-corrected chi connectivity index (χ2v) is 4.18. The van der Waals surface area contributed by atoms with E-state index in [9.17, 15) is 0 Å². The summed E-state index contributed by atoms with van der Waals surface area (Å²) in [7, 11) is 0. The molecule has 0 saturated carbocycles. The van der Waals surface area contributed by atoms with Crippen LogP contribution in [-0.2, 0) is 0 Å². The van der Waals surface area contributed by atoms with Crippen LogP contribution in [0, 0.1) is 0 Å². The Morgan fingerprint density at radius 3 is 2.84 bits per heavy atom. The minimum absolute atomic E-state index is 0.0445. The van der Waals surface area contributed by atoms with Crippen molar-refractivity contribution in [2.45, 2.75) is 19.9 Å². The molecule has 0 aliphatic carbocycles. The number of aromatic nitrogens is 2. The Morgan fingerprint density at radius 2 is 2.11 bits per heavy atom. The van der Waals surface area contributed by atoms with Crippen LogP contribution in [0.1, 0.15) is 25.5 Å². The average Bonchev–Trinajstić information content (AvgIpc) is 2.40. The predicted molar refractivity (Wildman–Crippen MR) is 75.5 cm³/mol. The van der Waals surface area contributed by atoms with E-state index in [0.29, 0.717) is 18.3 Å². The van der Waals surface area contributed by atoms with Gasteiger partial charge in [-0.2, -0.15) is 0 Å². The van der Waals surface area contributed by atoms with E-state index in [1.54, 1.807) is 6.07 Å². The van der Waals surface area contributed by atoms with Crippen LogP contribution in [-0.4, -0.2) is 16.6 Å². The maximum atomic E-state index is 5.95. The third-order valence-electron chi connectivity index (χ3n) is 2.65. The summed E-state index contributed by atoms with van der Waals surface area (Å²) in [6.45, 7) is 4.44. The molecule has 0 amide bonds. The highest BCUT2D eigenvalue weighted by Crippen LogP contribution is 2.24. The van der Waals surface area contributed by atoms with Gasteiger partial charge in [0.1, 0.15) is 12.1 Å². The molecule has 1 unspecified atom stereocenters. The normalized spacial score (nSPS) is 11.9. The van der Waals surface area contributed by atoms with Crippen molar-refractivity contribution in [3.63, 3.8) is 0 Å². The molecule has 0 bridgehead atoms. The van der Waals surface area contributed by atoms with Crippen LogP contribution in [0.25, 0.3) is 0 Å². The molecule has 0 aliphatic rings. The van der Waals surface area contributed by atoms with Gasteiger partial charge in [0, 0.05) is 17.8 Å². The van der Waals surface area contributed by atoms with E-state index in [1.807, 2.05) is 38.1 Å². The van der Waals surface area contributed by atoms with Gasteiger partial charge in [-0.05, 0) is 25.5 Å². The summed E-state index contributed by atoms with van der Waals surface area (Å²) in [5.74, 6) is 1.24. The van der Waals surface area contributed by atoms with E-state index in [0.717, 1.165) is 11.3 Å². The van der Waals surface area contributed by atoms with Crippen LogP contribution in [0.4, 0.5) is 11.5 Å². The minimum Gasteiger partial charge on any atom is -0.478 e. The Hall–Kier alpha value is -2.14. The molecule has 3 N–H and O–H groups in total. The van der Waals surface area contributed by atoms with Crippen molar-refractivity contribution in [3.05, 3.63) is 42.2 Å². The minimum atomic E-state index is -0.0445. The first-order valence-electron chi connectivity index (χ1n) is 6.27. The van der Waals surface area contributed by atoms with Gasteiger partial charge in [-0.3, -0.25) is 0 Å². The third kappa shape index (κ3) is 3.42. The number of anilines is 2. The lowest BCUT2D eigenvalue weighted by molar-refractivity contribution is 0.326. The molecule has 1 atom stereocenters. The first-order chi connectivity index (χ1) is 9.20. The fourth-order valence-electron chi connectivity index (χ4n) is 1.78. The number of ether oxygens (including phenoxy) is 1. The first-order valence-corrected chi connectivity index (χ1v) is 6.27. The molecule has 1 heterocycles. The molecule has 0 radical (unpaired) electrons. The Bertz CT molecular complexity index is 542. The highest BCUT2D eigenvalue weighted by molar-refractivity contribution is 5.61. The molecule has 100 valence electrons. The number of rotatable bonds is 5. The van der Waals surface area contributed by atoms with Gasteiger partial charge in [-0.1, -0.05) is 18.2 Å². The van der Waals surface area contributed by atoms with Gasteiger partial charge in [-0.15, -0.1) is 0 Å². The van der Waals surface area contributed by atoms with Crippen LogP contribution >= 0.6 is 0 Å². The van der Waals surface area contributed by atoms with E-state index in [1.165, 1.54) is 6.33 Å². The van der Waals surface area contributed by atoms with E-state index < -0.39 is 0 Å². The molecule has 0 saturated heterocycles. The summed E-state index contributed by atoms with van der Waals surface area (Å²) in [6.07, 6.45) is 1.47. The van der Waals surface area contributed by atoms with Gasteiger partial charge in [0.15, 0.2) is 0 Å². The maximum absolute atomic E-state index is 5.95. The highest BCUT2D eigenvalue weighted by atomic mass is 16.5. The summed E-state index contributed by atoms with van der Waals surface area (Å²) in [4.78, 5) is 8.20. The Kier molecular flexibility index (Phi) is 4.30. The van der Waals surface area contributed by atoms with E-state index in [2.05, 4.69) is 15.3 Å². The number of hydrogen-bond acceptors (Lipinski definition) is 5. The first kappa shape index (κ1) is 13.3. The molecule has 5 heteroatoms. The zero-order chi connectivity index (χ0) is 13.7. The number of hydrogen-bond donors (Lipinski definition) is 2. The monoisotopic (exact) mass is 258 g/mol. The lowest BCUT2D eigenvalue weighted by Gasteiger charge is -2.14. The molecular weight excluding hydrogens is 240 g/mol. The lowest BCUT2D eigenvalue weighted by Crippen LogP contribution is -2.08. The van der Waals surface area contributed by atoms with Gasteiger partial charge < -0.3 is 15.8 Å². The predicted octanol–water partition coefficient (Wildman–Crippen LogP) is 2.64. The van der Waals surface area contributed by atoms with Crippen molar-refractivity contribution >= 4 is 11.5 Å². The summed E-state index contributed by atoms with van der Waals surface area (Å²) in [6, 6.07) is 9.62. The highest BCUT2D eigenvalue weighted by Gasteiger charge is 2.07. The number of nitrogens with zero attached hydrogens (tertiary/aromatic N) is 2. The summed E-state index contributed by atoms with van der Waals surface area (Å²) in [5.41, 5.74) is 7.93. The van der Waals surface area contributed by atoms with E-state index in [4.69, 9.17) is 10.5 Å². The number of para-hydroxylation sites is 1. The van der Waals surface area contributed by atoms with Gasteiger partial charge in [-0.25, -0.2) is 9.97 Å². The zero-order valence-corrected chi connectivity index (χ0v) is 11.1. The van der Waals surface area contributed by atoms with Crippen LogP contribution in [0.2, 0.25) is 0 Å². The lowest BCUT2D eigenvalue weighted by atomic mass is 10.1. The Balaban J connectivity index is 2.23. The maximum Gasteiger partial charge on any atom is 0.218 e. The number of benzene rings is 1. The molecule has 0 spiro atoms. The quantitative estimate of drug-likeness (QED) is 0.862. The van der Waals surface area contributed by atoms with Gasteiger partial charge in [0.05, 0.1) is 6.61 Å². The summed E-state index contributed by atoms with van der Waals surface area (Å²) in [5, 5.41) is 3.24. The van der Waals surface area contributed by atoms with Crippen molar-refractivity contribution in [2.24, 2.45) is 5.73 Å². The van der Waals surface area contributed by atoms with Crippen LogP contribution < -0.4 is 15.8 Å². The molecule has 1 aromatic carbocycles. The van der Waals surface area contributed by atoms with E-state index >= 15 is 0 Å². The number of nitrogens with two attached hydrogens (primary N) is 1. The van der Waals surface area contributed by atoms with Crippen LogP contribution in [0.5, 0.6) is 5.88 Å². The average molecular weight is 258 g/mol. The fourth-order valence-corrected chi connectivity index (χ4v) is 1.78. The molecule has 2 rings (SSSR count). The summed E-state index contributed by atoms with van der Waals surface area (Å²) < 4.78 is 5.35. The fraction of sp³-hybridized carbons (Fsp3) is 0.286. The standard InChI is InChI=1S/C14H18N4O/c1-3-19-14-8-13(16-9-17-14)18-12-7-5-4-6-11(12)10(2)15/h4-10H,3,15H2,1-2H3,(H,16,17,18). The topological polar surface area (TPSA) is 73.1 Å². The molecule has 19 heavy (non-hydrogen) atoms. The smallest absolute Gasteiger partial charge is 0.218 e. The van der Waals surface area contributed by atoms with Gasteiger partial charge in [0.2, 0.25) is 5.88 Å². The molecule has 0 aliphatic heterocycles.